The van der Waals surface area contributed by atoms with Gasteiger partial charge < -0.3 is 19.7 Å². The lowest BCUT2D eigenvalue weighted by atomic mass is 10.0. The second kappa shape index (κ2) is 14.7. The number of rotatable bonds is 8. The number of hydrogen-bond acceptors (Lipinski definition) is 8. The molecular formula is C33H36IN3O5S2. The Hall–Kier alpha value is -3.16. The predicted molar refractivity (Wildman–Crippen MR) is 186 cm³/mol. The van der Waals surface area contributed by atoms with Gasteiger partial charge in [0.2, 0.25) is 0 Å². The Bertz CT molecular complexity index is 1450. The summed E-state index contributed by atoms with van der Waals surface area (Å²) in [7, 11) is 2.02. The van der Waals surface area contributed by atoms with Crippen LogP contribution in [0.25, 0.3) is 0 Å². The lowest BCUT2D eigenvalue weighted by molar-refractivity contribution is -0.153. The van der Waals surface area contributed by atoms with E-state index in [1.807, 2.05) is 91.3 Å². The molecule has 0 spiro atoms. The number of fused-ring (bicyclic) bond motifs is 1. The fraction of sp³-hybridized carbons (Fsp3) is 0.303. The topological polar surface area (TPSA) is 88.2 Å². The minimum absolute atomic E-state index is 0. The molecule has 2 amide bonds. The highest BCUT2D eigenvalue weighted by molar-refractivity contribution is 14.0. The van der Waals surface area contributed by atoms with Crippen molar-refractivity contribution in [3.05, 3.63) is 118 Å². The van der Waals surface area contributed by atoms with Crippen molar-refractivity contribution in [2.45, 2.75) is 43.9 Å². The van der Waals surface area contributed by atoms with Crippen molar-refractivity contribution >= 4 is 65.5 Å². The Morgan fingerprint density at radius 1 is 1.07 bits per heavy atom. The summed E-state index contributed by atoms with van der Waals surface area (Å²) in [6.07, 6.45) is 6.66. The van der Waals surface area contributed by atoms with Crippen molar-refractivity contribution in [3.63, 3.8) is 0 Å². The molecule has 1 fully saturated rings. The zero-order valence-corrected chi connectivity index (χ0v) is 28.9. The number of alkyl carbamates (subject to hydrolysis) is 1. The van der Waals surface area contributed by atoms with Gasteiger partial charge in [-0.3, -0.25) is 9.69 Å². The summed E-state index contributed by atoms with van der Waals surface area (Å²) in [6.45, 7) is 6.10. The maximum atomic E-state index is 14.1. The van der Waals surface area contributed by atoms with E-state index in [1.165, 1.54) is 28.4 Å². The normalized spacial score (nSPS) is 19.7. The highest BCUT2D eigenvalue weighted by Gasteiger charge is 2.54. The number of benzene rings is 2. The summed E-state index contributed by atoms with van der Waals surface area (Å²) in [5.41, 5.74) is 1.80. The van der Waals surface area contributed by atoms with Gasteiger partial charge in [-0.25, -0.2) is 9.59 Å². The number of nitrogens with one attached hydrogen (secondary N) is 1. The van der Waals surface area contributed by atoms with Gasteiger partial charge in [0.15, 0.2) is 6.10 Å². The zero-order chi connectivity index (χ0) is 30.6. The lowest BCUT2D eigenvalue weighted by Gasteiger charge is -2.49. The lowest BCUT2D eigenvalue weighted by Crippen LogP contribution is -2.70. The van der Waals surface area contributed by atoms with Gasteiger partial charge in [0.1, 0.15) is 22.7 Å². The third-order valence-corrected chi connectivity index (χ3v) is 9.14. The van der Waals surface area contributed by atoms with Gasteiger partial charge in [0, 0.05) is 19.3 Å². The average Bonchev–Trinajstić information content (AvgIpc) is 2.99. The van der Waals surface area contributed by atoms with Crippen molar-refractivity contribution in [3.8, 4) is 0 Å². The first-order valence-electron chi connectivity index (χ1n) is 14.0. The molecule has 232 valence electrons. The first-order chi connectivity index (χ1) is 20.6. The van der Waals surface area contributed by atoms with Crippen LogP contribution in [-0.2, 0) is 19.1 Å². The molecule has 1 saturated heterocycles. The number of nitrogens with zero attached hydrogens (tertiary/aromatic N) is 2. The molecule has 8 nitrogen and oxygen atoms in total. The van der Waals surface area contributed by atoms with Crippen LogP contribution in [0.5, 0.6) is 0 Å². The van der Waals surface area contributed by atoms with Crippen LogP contribution in [0, 0.1) is 0 Å². The van der Waals surface area contributed by atoms with E-state index in [4.69, 9.17) is 9.47 Å². The summed E-state index contributed by atoms with van der Waals surface area (Å²) in [5.74, 6) is -0.531. The van der Waals surface area contributed by atoms with E-state index < -0.39 is 35.2 Å². The second-order valence-electron chi connectivity index (χ2n) is 11.2. The molecule has 1 unspecified atom stereocenters. The van der Waals surface area contributed by atoms with E-state index in [2.05, 4.69) is 16.3 Å². The largest absolute Gasteiger partial charge is 0.448 e. The van der Waals surface area contributed by atoms with E-state index in [0.717, 1.165) is 22.7 Å². The van der Waals surface area contributed by atoms with Gasteiger partial charge in [-0.15, -0.1) is 35.7 Å². The molecule has 0 saturated carbocycles. The SMILES string of the molecule is CN1CC=CC=C1SC=CC1=C(C(=O)OC(c2ccccc2)c2ccccc2)N2C(=O)C(NC(=O)OC(C)(C)C)[C@@H]2SC1.I. The third-order valence-electron chi connectivity index (χ3n) is 6.88. The van der Waals surface area contributed by atoms with Gasteiger partial charge in [-0.05, 0) is 55.0 Å². The van der Waals surface area contributed by atoms with Gasteiger partial charge in [0.05, 0.1) is 5.03 Å². The monoisotopic (exact) mass is 745 g/mol. The van der Waals surface area contributed by atoms with Crippen molar-refractivity contribution in [1.29, 1.82) is 0 Å². The predicted octanol–water partition coefficient (Wildman–Crippen LogP) is 6.59. The fourth-order valence-electron chi connectivity index (χ4n) is 4.84. The average molecular weight is 746 g/mol. The molecule has 3 heterocycles. The molecule has 44 heavy (non-hydrogen) atoms. The van der Waals surface area contributed by atoms with Crippen LogP contribution in [0.2, 0.25) is 0 Å². The number of β-lactam (4-membered cyclic amide) rings is 1. The number of ether oxygens (including phenoxy) is 2. The van der Waals surface area contributed by atoms with Crippen LogP contribution in [0.1, 0.15) is 38.0 Å². The van der Waals surface area contributed by atoms with Crippen LogP contribution in [0.3, 0.4) is 0 Å². The summed E-state index contributed by atoms with van der Waals surface area (Å²) in [6, 6.07) is 18.2. The van der Waals surface area contributed by atoms with E-state index >= 15 is 0 Å². The summed E-state index contributed by atoms with van der Waals surface area (Å²) < 4.78 is 11.6. The van der Waals surface area contributed by atoms with Crippen molar-refractivity contribution in [2.24, 2.45) is 0 Å². The molecule has 2 atom stereocenters. The van der Waals surface area contributed by atoms with Gasteiger partial charge in [-0.1, -0.05) is 84.6 Å². The second-order valence-corrected chi connectivity index (χ2v) is 13.3. The van der Waals surface area contributed by atoms with Crippen LogP contribution >= 0.6 is 47.5 Å². The summed E-state index contributed by atoms with van der Waals surface area (Å²) >= 11 is 3.02. The molecule has 3 aliphatic heterocycles. The third kappa shape index (κ3) is 7.91. The fourth-order valence-corrected chi connectivity index (χ4v) is 6.95. The molecule has 0 aromatic heterocycles. The number of carbonyl (C=O) groups is 3. The Kier molecular flexibility index (Phi) is 11.3. The van der Waals surface area contributed by atoms with Crippen LogP contribution in [-0.4, -0.2) is 64.1 Å². The molecule has 11 heteroatoms. The standard InChI is InChI=1S/C33H35N3O5S2.HI/c1-33(2,3)41-32(39)34-26-29(37)36-27(24(21-43-30(26)36)18-20-42-25-17-11-12-19-35(25)4)31(38)40-28(22-13-7-5-8-14-22)23-15-9-6-10-16-23;/h5-18,20,26,28,30H,19,21H2,1-4H3,(H,34,39);1H/t26?,30-;/m0./s1. The highest BCUT2D eigenvalue weighted by atomic mass is 127. The molecule has 0 bridgehead atoms. The number of esters is 1. The van der Waals surface area contributed by atoms with Crippen molar-refractivity contribution < 1.29 is 23.9 Å². The molecule has 2 aromatic rings. The number of thioether (sulfide) groups is 2. The molecule has 1 N–H and O–H groups in total. The molecule has 0 aliphatic carbocycles. The number of amides is 2. The van der Waals surface area contributed by atoms with E-state index in [1.54, 1.807) is 20.8 Å². The smallest absolute Gasteiger partial charge is 0.408 e. The quantitative estimate of drug-likeness (QED) is 0.184. The number of hydrogen-bond donors (Lipinski definition) is 1. The number of likely N-dealkylation sites (N-methyl/N-ethyl adjacent to an activating group) is 1. The van der Waals surface area contributed by atoms with Gasteiger partial charge in [0.25, 0.3) is 5.91 Å². The van der Waals surface area contributed by atoms with Crippen LogP contribution < -0.4 is 5.32 Å². The number of allylic oxidation sites excluding steroid dienone is 3. The van der Waals surface area contributed by atoms with Crippen LogP contribution in [0.4, 0.5) is 4.79 Å². The van der Waals surface area contributed by atoms with Gasteiger partial charge in [-0.2, -0.15) is 0 Å². The molecule has 5 rings (SSSR count). The summed E-state index contributed by atoms with van der Waals surface area (Å²) in [4.78, 5) is 43.6. The minimum Gasteiger partial charge on any atom is -0.448 e. The molecule has 3 aliphatic rings. The Balaban J connectivity index is 0.00000442. The maximum absolute atomic E-state index is 14.1. The maximum Gasteiger partial charge on any atom is 0.408 e. The number of carbonyl (C=O) groups excluding carboxylic acids is 3. The van der Waals surface area contributed by atoms with E-state index in [9.17, 15) is 14.4 Å². The van der Waals surface area contributed by atoms with Crippen molar-refractivity contribution in [1.82, 2.24) is 15.1 Å². The minimum atomic E-state index is -0.811. The zero-order valence-electron chi connectivity index (χ0n) is 25.0. The van der Waals surface area contributed by atoms with Crippen LogP contribution in [0.15, 0.2) is 107 Å². The highest BCUT2D eigenvalue weighted by Crippen LogP contribution is 2.42. The van der Waals surface area contributed by atoms with Gasteiger partial charge >= 0.3 is 12.1 Å². The first-order valence-corrected chi connectivity index (χ1v) is 15.9. The molecular weight excluding hydrogens is 709 g/mol. The van der Waals surface area contributed by atoms with E-state index in [0.29, 0.717) is 11.3 Å². The van der Waals surface area contributed by atoms with Crippen molar-refractivity contribution in [2.75, 3.05) is 19.3 Å². The molecule has 0 radical (unpaired) electrons. The van der Waals surface area contributed by atoms with E-state index in [-0.39, 0.29) is 35.6 Å². The Morgan fingerprint density at radius 2 is 1.70 bits per heavy atom. The first kappa shape index (κ1) is 33.7. The Labute approximate surface area is 284 Å². The summed E-state index contributed by atoms with van der Waals surface area (Å²) in [5, 5.41) is 5.23. The Morgan fingerprint density at radius 3 is 2.30 bits per heavy atom. The number of halogens is 1. The molecule has 2 aromatic carbocycles.